The summed E-state index contributed by atoms with van der Waals surface area (Å²) in [5.74, 6) is 2.92. The van der Waals surface area contributed by atoms with E-state index in [-0.39, 0.29) is 24.3 Å². The predicted molar refractivity (Wildman–Crippen MR) is 92.0 cm³/mol. The first-order chi connectivity index (χ1) is 12.0. The van der Waals surface area contributed by atoms with E-state index in [0.717, 1.165) is 18.3 Å². The van der Waals surface area contributed by atoms with Crippen molar-refractivity contribution in [2.24, 2.45) is 23.7 Å². The smallest absolute Gasteiger partial charge is 0.410 e. The van der Waals surface area contributed by atoms with E-state index in [1.807, 2.05) is 13.8 Å². The summed E-state index contributed by atoms with van der Waals surface area (Å²) < 4.78 is 11.1. The Hall–Kier alpha value is -1.46. The number of rotatable bonds is 3. The second kappa shape index (κ2) is 6.69. The molecule has 4 bridgehead atoms. The van der Waals surface area contributed by atoms with Gasteiger partial charge in [-0.2, -0.15) is 0 Å². The molecule has 0 radical (unpaired) electrons. The molecule has 140 valence electrons. The lowest BCUT2D eigenvalue weighted by molar-refractivity contribution is -0.101. The highest BCUT2D eigenvalue weighted by atomic mass is 16.6. The van der Waals surface area contributed by atoms with Gasteiger partial charge in [0.2, 0.25) is 0 Å². The molecule has 0 aromatic carbocycles. The summed E-state index contributed by atoms with van der Waals surface area (Å²) in [6.07, 6.45) is 6.52. The van der Waals surface area contributed by atoms with Crippen molar-refractivity contribution >= 4 is 12.2 Å². The van der Waals surface area contributed by atoms with Crippen LogP contribution in [-0.2, 0) is 9.47 Å². The highest BCUT2D eigenvalue weighted by Gasteiger charge is 2.50. The fourth-order valence-corrected chi connectivity index (χ4v) is 5.72. The van der Waals surface area contributed by atoms with Crippen LogP contribution in [0.5, 0.6) is 0 Å². The van der Waals surface area contributed by atoms with Gasteiger partial charge in [-0.3, -0.25) is 0 Å². The highest BCUT2D eigenvalue weighted by molar-refractivity contribution is 5.70. The lowest BCUT2D eigenvalue weighted by atomic mass is 9.55. The average molecular weight is 350 g/mol. The Labute approximate surface area is 149 Å². The molecule has 6 nitrogen and oxygen atoms in total. The summed E-state index contributed by atoms with van der Waals surface area (Å²) in [5, 5.41) is 2.84. The Morgan fingerprint density at radius 2 is 1.68 bits per heavy atom. The molecule has 25 heavy (non-hydrogen) atoms. The van der Waals surface area contributed by atoms with Crippen LogP contribution in [0.4, 0.5) is 9.59 Å². The normalized spacial score (nSPS) is 38.9. The van der Waals surface area contributed by atoms with Crippen LogP contribution in [-0.4, -0.2) is 48.4 Å². The van der Waals surface area contributed by atoms with E-state index >= 15 is 0 Å². The lowest BCUT2D eigenvalue weighted by Gasteiger charge is -2.53. The summed E-state index contributed by atoms with van der Waals surface area (Å²) in [7, 11) is 0. The van der Waals surface area contributed by atoms with Crippen LogP contribution in [0.2, 0.25) is 0 Å². The fraction of sp³-hybridized carbons (Fsp3) is 0.895. The Kier molecular flexibility index (Phi) is 4.54. The van der Waals surface area contributed by atoms with Gasteiger partial charge in [-0.05, 0) is 76.0 Å². The molecule has 0 aromatic heterocycles. The van der Waals surface area contributed by atoms with Gasteiger partial charge in [0.15, 0.2) is 0 Å². The zero-order valence-corrected chi connectivity index (χ0v) is 15.3. The molecule has 6 heteroatoms. The molecule has 5 rings (SSSR count). The number of hydrogen-bond acceptors (Lipinski definition) is 4. The van der Waals surface area contributed by atoms with Crippen LogP contribution in [0.3, 0.4) is 0 Å². The monoisotopic (exact) mass is 350 g/mol. The molecule has 0 unspecified atom stereocenters. The van der Waals surface area contributed by atoms with Crippen LogP contribution < -0.4 is 5.32 Å². The van der Waals surface area contributed by atoms with Gasteiger partial charge < -0.3 is 19.7 Å². The number of carbonyl (C=O) groups excluding carboxylic acids is 2. The molecule has 1 heterocycles. The summed E-state index contributed by atoms with van der Waals surface area (Å²) in [5.41, 5.74) is 0. The van der Waals surface area contributed by atoms with Crippen molar-refractivity contribution in [2.75, 3.05) is 13.1 Å². The molecule has 4 aliphatic carbocycles. The topological polar surface area (TPSA) is 67.9 Å². The first-order valence-electron chi connectivity index (χ1n) is 9.90. The van der Waals surface area contributed by atoms with Gasteiger partial charge in [-0.15, -0.1) is 0 Å². The summed E-state index contributed by atoms with van der Waals surface area (Å²) >= 11 is 0. The van der Waals surface area contributed by atoms with Crippen molar-refractivity contribution in [3.05, 3.63) is 0 Å². The molecule has 5 fully saturated rings. The Morgan fingerprint density at radius 3 is 2.28 bits per heavy atom. The molecular weight excluding hydrogens is 320 g/mol. The van der Waals surface area contributed by atoms with E-state index < -0.39 is 6.09 Å². The molecular formula is C19H30N2O4. The van der Waals surface area contributed by atoms with Gasteiger partial charge in [0.05, 0.1) is 12.1 Å². The SMILES string of the molecule is CC(C)OC(=O)N[C@@H]1CCN(C(=O)OC2C3CC4CC(C3)CC2C4)C1. The van der Waals surface area contributed by atoms with Crippen LogP contribution in [0.25, 0.3) is 0 Å². The first kappa shape index (κ1) is 17.0. The third-order valence-corrected chi connectivity index (χ3v) is 6.49. The molecule has 1 N–H and O–H groups in total. The van der Waals surface area contributed by atoms with E-state index in [9.17, 15) is 9.59 Å². The maximum Gasteiger partial charge on any atom is 0.410 e. The van der Waals surface area contributed by atoms with E-state index in [1.54, 1.807) is 4.90 Å². The molecule has 1 aliphatic heterocycles. The Bertz CT molecular complexity index is 508. The summed E-state index contributed by atoms with van der Waals surface area (Å²) in [6.45, 7) is 4.80. The van der Waals surface area contributed by atoms with Gasteiger partial charge >= 0.3 is 12.2 Å². The predicted octanol–water partition coefficient (Wildman–Crippen LogP) is 3.16. The van der Waals surface area contributed by atoms with Gasteiger partial charge in [0, 0.05) is 13.1 Å². The largest absolute Gasteiger partial charge is 0.447 e. The van der Waals surface area contributed by atoms with Crippen LogP contribution >= 0.6 is 0 Å². The minimum Gasteiger partial charge on any atom is -0.447 e. The van der Waals surface area contributed by atoms with E-state index in [0.29, 0.717) is 24.9 Å². The minimum atomic E-state index is -0.406. The van der Waals surface area contributed by atoms with E-state index in [4.69, 9.17) is 9.47 Å². The third-order valence-electron chi connectivity index (χ3n) is 6.49. The molecule has 2 amide bonds. The standard InChI is InChI=1S/C19H30N2O4/c1-11(2)24-18(22)20-16-3-4-21(10-16)19(23)25-17-14-6-12-5-13(8-14)9-15(17)7-12/h11-17H,3-10H2,1-2H3,(H,20,22)/t12?,13?,14?,15?,16-,17?/m1/s1. The van der Waals surface area contributed by atoms with Gasteiger partial charge in [-0.1, -0.05) is 0 Å². The summed E-state index contributed by atoms with van der Waals surface area (Å²) in [4.78, 5) is 26.0. The number of carbonyl (C=O) groups is 2. The highest BCUT2D eigenvalue weighted by Crippen LogP contribution is 2.54. The van der Waals surface area contributed by atoms with Gasteiger partial charge in [0.1, 0.15) is 6.10 Å². The molecule has 0 spiro atoms. The fourth-order valence-electron chi connectivity index (χ4n) is 5.72. The average Bonchev–Trinajstić information content (AvgIpc) is 2.97. The Balaban J connectivity index is 1.27. The van der Waals surface area contributed by atoms with Crippen LogP contribution in [0, 0.1) is 23.7 Å². The molecule has 0 aromatic rings. The van der Waals surface area contributed by atoms with Crippen molar-refractivity contribution in [1.29, 1.82) is 0 Å². The number of alkyl carbamates (subject to hydrolysis) is 1. The molecule has 1 atom stereocenters. The van der Waals surface area contributed by atoms with Gasteiger partial charge in [-0.25, -0.2) is 9.59 Å². The van der Waals surface area contributed by atoms with Crippen LogP contribution in [0.15, 0.2) is 0 Å². The van der Waals surface area contributed by atoms with Crippen molar-refractivity contribution in [1.82, 2.24) is 10.2 Å². The molecule has 5 aliphatic rings. The van der Waals surface area contributed by atoms with E-state index in [1.165, 1.54) is 32.1 Å². The van der Waals surface area contributed by atoms with Crippen molar-refractivity contribution in [2.45, 2.75) is 70.6 Å². The summed E-state index contributed by atoms with van der Waals surface area (Å²) in [6, 6.07) is -0.0442. The number of likely N-dealkylation sites (tertiary alicyclic amines) is 1. The number of amides is 2. The number of ether oxygens (including phenoxy) is 2. The zero-order valence-electron chi connectivity index (χ0n) is 15.3. The minimum absolute atomic E-state index is 0.0442. The van der Waals surface area contributed by atoms with E-state index in [2.05, 4.69) is 5.32 Å². The first-order valence-corrected chi connectivity index (χ1v) is 9.90. The van der Waals surface area contributed by atoms with Crippen molar-refractivity contribution in [3.8, 4) is 0 Å². The maximum atomic E-state index is 12.6. The zero-order chi connectivity index (χ0) is 17.6. The number of hydrogen-bond donors (Lipinski definition) is 1. The molecule has 1 saturated heterocycles. The second-order valence-electron chi connectivity index (χ2n) is 8.81. The van der Waals surface area contributed by atoms with Gasteiger partial charge in [0.25, 0.3) is 0 Å². The Morgan fingerprint density at radius 1 is 1.04 bits per heavy atom. The maximum absolute atomic E-state index is 12.6. The van der Waals surface area contributed by atoms with Crippen molar-refractivity contribution in [3.63, 3.8) is 0 Å². The number of nitrogens with zero attached hydrogens (tertiary/aromatic N) is 1. The van der Waals surface area contributed by atoms with Crippen LogP contribution in [0.1, 0.15) is 52.4 Å². The number of nitrogens with one attached hydrogen (secondary N) is 1. The van der Waals surface area contributed by atoms with Crippen molar-refractivity contribution < 1.29 is 19.1 Å². The third kappa shape index (κ3) is 3.58. The lowest BCUT2D eigenvalue weighted by Crippen LogP contribution is -2.51. The quantitative estimate of drug-likeness (QED) is 0.849. The molecule has 4 saturated carbocycles. The second-order valence-corrected chi connectivity index (χ2v) is 8.81.